The highest BCUT2D eigenvalue weighted by Crippen LogP contribution is 2.30. The van der Waals surface area contributed by atoms with E-state index in [-0.39, 0.29) is 12.1 Å². The Kier molecular flexibility index (Phi) is 3.59. The van der Waals surface area contributed by atoms with Crippen molar-refractivity contribution in [3.05, 3.63) is 58.4 Å². The highest BCUT2D eigenvalue weighted by atomic mass is 35.5. The summed E-state index contributed by atoms with van der Waals surface area (Å²) in [7, 11) is 0. The number of nitrogens with two attached hydrogens (primary N) is 1. The van der Waals surface area contributed by atoms with Crippen molar-refractivity contribution in [1.82, 2.24) is 0 Å². The first-order valence-electron chi connectivity index (χ1n) is 5.16. The van der Waals surface area contributed by atoms with Crippen molar-refractivity contribution < 1.29 is 13.2 Å². The first kappa shape index (κ1) is 12.9. The van der Waals surface area contributed by atoms with Crippen LogP contribution in [0.4, 0.5) is 13.2 Å². The molecule has 0 fully saturated rings. The van der Waals surface area contributed by atoms with Crippen LogP contribution < -0.4 is 5.73 Å². The van der Waals surface area contributed by atoms with Gasteiger partial charge in [-0.1, -0.05) is 17.7 Å². The van der Waals surface area contributed by atoms with Gasteiger partial charge in [0.15, 0.2) is 11.6 Å². The van der Waals surface area contributed by atoms with Crippen molar-refractivity contribution in [1.29, 1.82) is 0 Å². The summed E-state index contributed by atoms with van der Waals surface area (Å²) in [6.45, 7) is 0.144. The number of rotatable bonds is 2. The molecular weight excluding hydrogens is 263 g/mol. The fourth-order valence-corrected chi connectivity index (χ4v) is 1.88. The predicted molar refractivity (Wildman–Crippen MR) is 64.7 cm³/mol. The van der Waals surface area contributed by atoms with Gasteiger partial charge < -0.3 is 5.73 Å². The number of halogens is 4. The van der Waals surface area contributed by atoms with Gasteiger partial charge in [0.1, 0.15) is 5.82 Å². The summed E-state index contributed by atoms with van der Waals surface area (Å²) in [5.74, 6) is -3.20. The van der Waals surface area contributed by atoms with Crippen LogP contribution in [0.2, 0.25) is 5.02 Å². The molecule has 5 heteroatoms. The molecule has 0 aliphatic heterocycles. The highest BCUT2D eigenvalue weighted by Gasteiger charge is 2.14. The lowest BCUT2D eigenvalue weighted by Crippen LogP contribution is -2.00. The van der Waals surface area contributed by atoms with E-state index in [2.05, 4.69) is 0 Å². The molecule has 0 saturated heterocycles. The molecule has 94 valence electrons. The predicted octanol–water partition coefficient (Wildman–Crippen LogP) is 3.88. The molecule has 0 bridgehead atoms. The molecule has 1 nitrogen and oxygen atoms in total. The average Bonchev–Trinajstić information content (AvgIpc) is 2.34. The molecule has 0 aliphatic carbocycles. The Morgan fingerprint density at radius 3 is 2.22 bits per heavy atom. The molecule has 18 heavy (non-hydrogen) atoms. The van der Waals surface area contributed by atoms with Gasteiger partial charge in [0.2, 0.25) is 0 Å². The average molecular weight is 272 g/mol. The smallest absolute Gasteiger partial charge is 0.161 e. The van der Waals surface area contributed by atoms with Crippen LogP contribution in [0.15, 0.2) is 30.3 Å². The van der Waals surface area contributed by atoms with E-state index in [0.717, 1.165) is 6.07 Å². The van der Waals surface area contributed by atoms with Crippen molar-refractivity contribution in [2.45, 2.75) is 6.54 Å². The minimum atomic E-state index is -1.23. The van der Waals surface area contributed by atoms with Crippen LogP contribution >= 0.6 is 11.6 Å². The molecule has 0 saturated carbocycles. The summed E-state index contributed by atoms with van der Waals surface area (Å²) in [4.78, 5) is 0. The minimum absolute atomic E-state index is 0.0585. The Balaban J connectivity index is 2.68. The van der Waals surface area contributed by atoms with E-state index in [1.807, 2.05) is 0 Å². The highest BCUT2D eigenvalue weighted by molar-refractivity contribution is 6.30. The van der Waals surface area contributed by atoms with Crippen LogP contribution in [-0.2, 0) is 6.54 Å². The van der Waals surface area contributed by atoms with E-state index in [9.17, 15) is 13.2 Å². The van der Waals surface area contributed by atoms with Gasteiger partial charge in [0, 0.05) is 23.2 Å². The zero-order valence-corrected chi connectivity index (χ0v) is 9.94. The lowest BCUT2D eigenvalue weighted by Gasteiger charge is -2.10. The molecule has 2 aromatic carbocycles. The lowest BCUT2D eigenvalue weighted by molar-refractivity contribution is 0.496. The molecular formula is C13H9ClF3N. The topological polar surface area (TPSA) is 26.0 Å². The van der Waals surface area contributed by atoms with Gasteiger partial charge >= 0.3 is 0 Å². The standard InChI is InChI=1S/C13H9ClF3N/c14-8-2-1-7(6-18)9(3-8)10-4-12(16)13(17)5-11(10)15/h1-5H,6,18H2. The van der Waals surface area contributed by atoms with E-state index in [1.54, 1.807) is 12.1 Å². The van der Waals surface area contributed by atoms with E-state index >= 15 is 0 Å². The normalized spacial score (nSPS) is 10.7. The molecule has 0 amide bonds. The number of hydrogen-bond donors (Lipinski definition) is 1. The molecule has 0 spiro atoms. The van der Waals surface area contributed by atoms with Crippen LogP contribution in [0.1, 0.15) is 5.56 Å². The summed E-state index contributed by atoms with van der Waals surface area (Å²) in [5.41, 5.74) is 6.43. The van der Waals surface area contributed by atoms with Gasteiger partial charge in [-0.2, -0.15) is 0 Å². The molecule has 0 aliphatic rings. The van der Waals surface area contributed by atoms with Crippen molar-refractivity contribution in [3.63, 3.8) is 0 Å². The SMILES string of the molecule is NCc1ccc(Cl)cc1-c1cc(F)c(F)cc1F. The number of benzene rings is 2. The molecule has 2 aromatic rings. The first-order valence-corrected chi connectivity index (χ1v) is 5.54. The summed E-state index contributed by atoms with van der Waals surface area (Å²) in [6.07, 6.45) is 0. The summed E-state index contributed by atoms with van der Waals surface area (Å²) in [5, 5.41) is 0.367. The Labute approximate surface area is 107 Å². The monoisotopic (exact) mass is 271 g/mol. The van der Waals surface area contributed by atoms with Crippen LogP contribution in [0, 0.1) is 17.5 Å². The minimum Gasteiger partial charge on any atom is -0.326 e. The van der Waals surface area contributed by atoms with Gasteiger partial charge in [-0.05, 0) is 29.3 Å². The molecule has 0 heterocycles. The van der Waals surface area contributed by atoms with Crippen molar-refractivity contribution in [2.75, 3.05) is 0 Å². The van der Waals surface area contributed by atoms with Gasteiger partial charge in [-0.3, -0.25) is 0 Å². The molecule has 0 atom stereocenters. The van der Waals surface area contributed by atoms with Gasteiger partial charge in [-0.25, -0.2) is 13.2 Å². The molecule has 0 radical (unpaired) electrons. The molecule has 0 unspecified atom stereocenters. The van der Waals surface area contributed by atoms with E-state index in [4.69, 9.17) is 17.3 Å². The van der Waals surface area contributed by atoms with Crippen molar-refractivity contribution >= 4 is 11.6 Å². The summed E-state index contributed by atoms with van der Waals surface area (Å²) in [6, 6.07) is 6.00. The Morgan fingerprint density at radius 2 is 1.56 bits per heavy atom. The van der Waals surface area contributed by atoms with Crippen LogP contribution in [0.5, 0.6) is 0 Å². The summed E-state index contributed by atoms with van der Waals surface area (Å²) < 4.78 is 39.7. The zero-order chi connectivity index (χ0) is 13.3. The maximum atomic E-state index is 13.7. The number of hydrogen-bond acceptors (Lipinski definition) is 1. The second kappa shape index (κ2) is 5.00. The molecule has 2 N–H and O–H groups in total. The van der Waals surface area contributed by atoms with E-state index in [1.165, 1.54) is 6.07 Å². The summed E-state index contributed by atoms with van der Waals surface area (Å²) >= 11 is 5.82. The van der Waals surface area contributed by atoms with Crippen LogP contribution in [0.25, 0.3) is 11.1 Å². The van der Waals surface area contributed by atoms with Crippen LogP contribution in [-0.4, -0.2) is 0 Å². The second-order valence-corrected chi connectivity index (χ2v) is 4.19. The van der Waals surface area contributed by atoms with E-state index in [0.29, 0.717) is 22.2 Å². The Hall–Kier alpha value is -1.52. The third-order valence-electron chi connectivity index (χ3n) is 2.59. The molecule has 0 aromatic heterocycles. The Bertz CT molecular complexity index is 599. The quantitative estimate of drug-likeness (QED) is 0.824. The first-order chi connectivity index (χ1) is 8.52. The third-order valence-corrected chi connectivity index (χ3v) is 2.83. The van der Waals surface area contributed by atoms with Gasteiger partial charge in [-0.15, -0.1) is 0 Å². The fourth-order valence-electron chi connectivity index (χ4n) is 1.71. The van der Waals surface area contributed by atoms with Gasteiger partial charge in [0.05, 0.1) is 0 Å². The largest absolute Gasteiger partial charge is 0.326 e. The van der Waals surface area contributed by atoms with E-state index < -0.39 is 17.5 Å². The third kappa shape index (κ3) is 2.35. The van der Waals surface area contributed by atoms with Crippen molar-refractivity contribution in [2.24, 2.45) is 5.73 Å². The Morgan fingerprint density at radius 1 is 0.889 bits per heavy atom. The maximum absolute atomic E-state index is 13.7. The molecule has 2 rings (SSSR count). The fraction of sp³-hybridized carbons (Fsp3) is 0.0769. The second-order valence-electron chi connectivity index (χ2n) is 3.75. The zero-order valence-electron chi connectivity index (χ0n) is 9.18. The van der Waals surface area contributed by atoms with Crippen molar-refractivity contribution in [3.8, 4) is 11.1 Å². The van der Waals surface area contributed by atoms with Crippen LogP contribution in [0.3, 0.4) is 0 Å². The maximum Gasteiger partial charge on any atom is 0.161 e. The van der Waals surface area contributed by atoms with Gasteiger partial charge in [0.25, 0.3) is 0 Å². The lowest BCUT2D eigenvalue weighted by atomic mass is 9.99.